The van der Waals surface area contributed by atoms with Crippen molar-refractivity contribution in [1.82, 2.24) is 0 Å². The molecule has 0 heterocycles. The van der Waals surface area contributed by atoms with E-state index >= 15 is 0 Å². The average Bonchev–Trinajstić information content (AvgIpc) is 2.66. The highest BCUT2D eigenvalue weighted by molar-refractivity contribution is 7.92. The highest BCUT2D eigenvalue weighted by Crippen LogP contribution is 2.32. The van der Waals surface area contributed by atoms with Gasteiger partial charge in [0.25, 0.3) is 0 Å². The quantitative estimate of drug-likeness (QED) is 0.664. The van der Waals surface area contributed by atoms with Crippen LogP contribution in [-0.4, -0.2) is 33.7 Å². The SMILES string of the molecule is CCCCc1ccc(NC(=O)C(C)N(c2cc(C)ccc2OC)S(C)(=O)=O)cc1. The maximum Gasteiger partial charge on any atom is 0.247 e. The number of unbranched alkanes of at least 4 members (excludes halogenated alkanes) is 1. The van der Waals surface area contributed by atoms with Crippen LogP contribution in [0.1, 0.15) is 37.8 Å². The number of carbonyl (C=O) groups is 1. The van der Waals surface area contributed by atoms with Gasteiger partial charge in [-0.3, -0.25) is 9.10 Å². The van der Waals surface area contributed by atoms with Gasteiger partial charge in [0.1, 0.15) is 11.8 Å². The molecule has 0 saturated carbocycles. The minimum atomic E-state index is -3.73. The van der Waals surface area contributed by atoms with Crippen molar-refractivity contribution in [3.05, 3.63) is 53.6 Å². The fourth-order valence-electron chi connectivity index (χ4n) is 3.14. The summed E-state index contributed by atoms with van der Waals surface area (Å²) in [7, 11) is -2.26. The Morgan fingerprint density at radius 1 is 1.17 bits per heavy atom. The lowest BCUT2D eigenvalue weighted by Gasteiger charge is -2.29. The van der Waals surface area contributed by atoms with Crippen LogP contribution in [0.4, 0.5) is 11.4 Å². The first-order valence-electron chi connectivity index (χ1n) is 9.71. The van der Waals surface area contributed by atoms with E-state index in [0.29, 0.717) is 17.1 Å². The first kappa shape index (κ1) is 22.7. The number of rotatable bonds is 9. The number of nitrogens with zero attached hydrogens (tertiary/aromatic N) is 1. The second-order valence-electron chi connectivity index (χ2n) is 7.20. The second kappa shape index (κ2) is 9.78. The van der Waals surface area contributed by atoms with Crippen molar-refractivity contribution in [2.24, 2.45) is 0 Å². The Morgan fingerprint density at radius 3 is 2.38 bits per heavy atom. The number of aryl methyl sites for hydroxylation is 2. The smallest absolute Gasteiger partial charge is 0.247 e. The van der Waals surface area contributed by atoms with Gasteiger partial charge in [0.15, 0.2) is 0 Å². The van der Waals surface area contributed by atoms with Crippen LogP contribution in [0.2, 0.25) is 0 Å². The molecule has 29 heavy (non-hydrogen) atoms. The van der Waals surface area contributed by atoms with Crippen molar-refractivity contribution in [3.8, 4) is 5.75 Å². The molecule has 0 aliphatic rings. The lowest BCUT2D eigenvalue weighted by atomic mass is 10.1. The van der Waals surface area contributed by atoms with E-state index in [2.05, 4.69) is 12.2 Å². The number of carbonyl (C=O) groups excluding carboxylic acids is 1. The van der Waals surface area contributed by atoms with Crippen molar-refractivity contribution in [2.45, 2.75) is 46.1 Å². The number of nitrogens with one attached hydrogen (secondary N) is 1. The zero-order valence-corrected chi connectivity index (χ0v) is 18.5. The molecule has 158 valence electrons. The van der Waals surface area contributed by atoms with Crippen LogP contribution in [0.5, 0.6) is 5.75 Å². The number of ether oxygens (including phenoxy) is 1. The van der Waals surface area contributed by atoms with E-state index in [1.165, 1.54) is 12.7 Å². The Hall–Kier alpha value is -2.54. The van der Waals surface area contributed by atoms with Crippen molar-refractivity contribution in [3.63, 3.8) is 0 Å². The molecule has 0 aliphatic carbocycles. The van der Waals surface area contributed by atoms with Gasteiger partial charge in [-0.1, -0.05) is 31.5 Å². The Bertz CT molecular complexity index is 940. The summed E-state index contributed by atoms with van der Waals surface area (Å²) in [5, 5.41) is 2.81. The van der Waals surface area contributed by atoms with E-state index in [4.69, 9.17) is 4.74 Å². The standard InChI is InChI=1S/C22H30N2O4S/c1-6-7-8-18-10-12-19(13-11-18)23-22(25)17(3)24(29(5,26)27)20-15-16(2)9-14-21(20)28-4/h9-15,17H,6-8H2,1-5H3,(H,23,25). The highest BCUT2D eigenvalue weighted by atomic mass is 32.2. The molecular formula is C22H30N2O4S. The van der Waals surface area contributed by atoms with Crippen LogP contribution in [-0.2, 0) is 21.2 Å². The molecule has 2 aromatic carbocycles. The summed E-state index contributed by atoms with van der Waals surface area (Å²) < 4.78 is 31.5. The Labute approximate surface area is 173 Å². The summed E-state index contributed by atoms with van der Waals surface area (Å²) in [5.41, 5.74) is 3.05. The monoisotopic (exact) mass is 418 g/mol. The number of anilines is 2. The van der Waals surface area contributed by atoms with Crippen molar-refractivity contribution < 1.29 is 17.9 Å². The maximum atomic E-state index is 12.9. The third-order valence-electron chi connectivity index (χ3n) is 4.70. The summed E-state index contributed by atoms with van der Waals surface area (Å²) in [6.45, 7) is 5.56. The molecule has 1 N–H and O–H groups in total. The first-order valence-corrected chi connectivity index (χ1v) is 11.6. The number of hydrogen-bond donors (Lipinski definition) is 1. The van der Waals surface area contributed by atoms with Crippen molar-refractivity contribution in [1.29, 1.82) is 0 Å². The van der Waals surface area contributed by atoms with Gasteiger partial charge in [0, 0.05) is 5.69 Å². The number of benzene rings is 2. The Morgan fingerprint density at radius 2 is 1.83 bits per heavy atom. The molecule has 0 saturated heterocycles. The van der Waals surface area contributed by atoms with Crippen LogP contribution in [0.15, 0.2) is 42.5 Å². The van der Waals surface area contributed by atoms with E-state index in [-0.39, 0.29) is 0 Å². The van der Waals surface area contributed by atoms with Crippen LogP contribution >= 0.6 is 0 Å². The number of sulfonamides is 1. The minimum absolute atomic E-state index is 0.340. The molecule has 0 aromatic heterocycles. The summed E-state index contributed by atoms with van der Waals surface area (Å²) in [4.78, 5) is 12.9. The molecule has 0 bridgehead atoms. The average molecular weight is 419 g/mol. The van der Waals surface area contributed by atoms with Gasteiger partial charge in [0.05, 0.1) is 19.1 Å². The fourth-order valence-corrected chi connectivity index (χ4v) is 4.31. The molecule has 1 unspecified atom stereocenters. The van der Waals surface area contributed by atoms with Gasteiger partial charge < -0.3 is 10.1 Å². The van der Waals surface area contributed by atoms with Crippen LogP contribution < -0.4 is 14.4 Å². The minimum Gasteiger partial charge on any atom is -0.495 e. The highest BCUT2D eigenvalue weighted by Gasteiger charge is 2.31. The fraction of sp³-hybridized carbons (Fsp3) is 0.409. The first-order chi connectivity index (χ1) is 13.7. The maximum absolute atomic E-state index is 12.9. The van der Waals surface area contributed by atoms with Crippen molar-refractivity contribution >= 4 is 27.3 Å². The third-order valence-corrected chi connectivity index (χ3v) is 5.93. The summed E-state index contributed by atoms with van der Waals surface area (Å²) in [6, 6.07) is 11.9. The molecule has 2 rings (SSSR count). The van der Waals surface area contributed by atoms with Gasteiger partial charge in [-0.15, -0.1) is 0 Å². The van der Waals surface area contributed by atoms with Gasteiger partial charge in [-0.2, -0.15) is 0 Å². The van der Waals surface area contributed by atoms with E-state index in [9.17, 15) is 13.2 Å². The van der Waals surface area contributed by atoms with Crippen LogP contribution in [0.25, 0.3) is 0 Å². The largest absolute Gasteiger partial charge is 0.495 e. The predicted molar refractivity (Wildman–Crippen MR) is 118 cm³/mol. The molecule has 2 aromatic rings. The normalized spacial score (nSPS) is 12.3. The van der Waals surface area contributed by atoms with E-state index < -0.39 is 22.0 Å². The Balaban J connectivity index is 2.27. The second-order valence-corrected chi connectivity index (χ2v) is 9.06. The van der Waals surface area contributed by atoms with E-state index in [1.54, 1.807) is 19.1 Å². The molecule has 0 spiro atoms. The van der Waals surface area contributed by atoms with Crippen molar-refractivity contribution in [2.75, 3.05) is 23.0 Å². The summed E-state index contributed by atoms with van der Waals surface area (Å²) in [6.07, 6.45) is 4.32. The lowest BCUT2D eigenvalue weighted by Crippen LogP contribution is -2.45. The van der Waals surface area contributed by atoms with Gasteiger partial charge in [-0.05, 0) is 62.1 Å². The summed E-state index contributed by atoms with van der Waals surface area (Å²) in [5.74, 6) is -0.0266. The van der Waals surface area contributed by atoms with Crippen LogP contribution in [0.3, 0.4) is 0 Å². The molecule has 6 nitrogen and oxygen atoms in total. The molecule has 0 fully saturated rings. The zero-order valence-electron chi connectivity index (χ0n) is 17.7. The summed E-state index contributed by atoms with van der Waals surface area (Å²) >= 11 is 0. The molecule has 0 aliphatic heterocycles. The lowest BCUT2D eigenvalue weighted by molar-refractivity contribution is -0.116. The molecule has 7 heteroatoms. The predicted octanol–water partition coefficient (Wildman–Crippen LogP) is 4.14. The molecule has 0 radical (unpaired) electrons. The van der Waals surface area contributed by atoms with E-state index in [0.717, 1.165) is 35.4 Å². The number of methoxy groups -OCH3 is 1. The number of hydrogen-bond acceptors (Lipinski definition) is 4. The number of amides is 1. The van der Waals surface area contributed by atoms with Gasteiger partial charge >= 0.3 is 0 Å². The van der Waals surface area contributed by atoms with E-state index in [1.807, 2.05) is 37.3 Å². The Kier molecular flexibility index (Phi) is 7.67. The topological polar surface area (TPSA) is 75.7 Å². The molecule has 1 atom stereocenters. The van der Waals surface area contributed by atoms with Gasteiger partial charge in [-0.25, -0.2) is 8.42 Å². The zero-order chi connectivity index (χ0) is 21.6. The molecule has 1 amide bonds. The molecular weight excluding hydrogens is 388 g/mol. The third kappa shape index (κ3) is 5.97. The van der Waals surface area contributed by atoms with Gasteiger partial charge in [0.2, 0.25) is 15.9 Å². The van der Waals surface area contributed by atoms with Crippen LogP contribution in [0, 0.1) is 6.92 Å².